The Bertz CT molecular complexity index is 352. The van der Waals surface area contributed by atoms with Gasteiger partial charge in [0.05, 0.1) is 25.9 Å². The lowest BCUT2D eigenvalue weighted by Gasteiger charge is -2.26. The van der Waals surface area contributed by atoms with Gasteiger partial charge in [-0.1, -0.05) is 38.1 Å². The minimum Gasteiger partial charge on any atom is -0.372 e. The van der Waals surface area contributed by atoms with E-state index in [2.05, 4.69) is 43.6 Å². The van der Waals surface area contributed by atoms with E-state index >= 15 is 0 Å². The fourth-order valence-corrected chi connectivity index (χ4v) is 2.01. The first-order valence-electron chi connectivity index (χ1n) is 6.31. The highest BCUT2D eigenvalue weighted by molar-refractivity contribution is 5.31. The smallest absolute Gasteiger partial charge is 0.0975 e. The van der Waals surface area contributed by atoms with Gasteiger partial charge in [0.1, 0.15) is 0 Å². The Morgan fingerprint density at radius 2 is 2.24 bits per heavy atom. The van der Waals surface area contributed by atoms with E-state index in [-0.39, 0.29) is 6.10 Å². The predicted molar refractivity (Wildman–Crippen MR) is 67.6 cm³/mol. The van der Waals surface area contributed by atoms with Crippen molar-refractivity contribution in [3.8, 4) is 0 Å². The molecule has 1 heterocycles. The molecule has 0 amide bonds. The minimum atomic E-state index is 0.118. The fourth-order valence-electron chi connectivity index (χ4n) is 2.01. The highest BCUT2D eigenvalue weighted by Crippen LogP contribution is 2.26. The number of ether oxygens (including phenoxy) is 1. The van der Waals surface area contributed by atoms with E-state index in [0.29, 0.717) is 12.5 Å². The van der Waals surface area contributed by atoms with Crippen LogP contribution in [0.3, 0.4) is 0 Å². The van der Waals surface area contributed by atoms with E-state index in [1.807, 2.05) is 0 Å². The lowest BCUT2D eigenvalue weighted by Crippen LogP contribution is -2.28. The van der Waals surface area contributed by atoms with Gasteiger partial charge in [0.25, 0.3) is 0 Å². The van der Waals surface area contributed by atoms with E-state index in [4.69, 9.17) is 9.57 Å². The largest absolute Gasteiger partial charge is 0.372 e. The molecule has 2 rings (SSSR count). The summed E-state index contributed by atoms with van der Waals surface area (Å²) in [6, 6.07) is 8.47. The Hall–Kier alpha value is -0.900. The van der Waals surface area contributed by atoms with Gasteiger partial charge in [-0.2, -0.15) is 5.48 Å². The topological polar surface area (TPSA) is 30.5 Å². The van der Waals surface area contributed by atoms with Crippen molar-refractivity contribution in [3.05, 3.63) is 35.4 Å². The molecule has 1 N–H and O–H groups in total. The molecule has 0 fully saturated rings. The number of rotatable bonds is 5. The van der Waals surface area contributed by atoms with Crippen LogP contribution < -0.4 is 5.48 Å². The van der Waals surface area contributed by atoms with Gasteiger partial charge in [0, 0.05) is 0 Å². The third kappa shape index (κ3) is 3.53. The summed E-state index contributed by atoms with van der Waals surface area (Å²) in [5, 5.41) is 0. The highest BCUT2D eigenvalue weighted by Gasteiger charge is 2.19. The van der Waals surface area contributed by atoms with Crippen LogP contribution in [0.25, 0.3) is 0 Å². The molecule has 1 aliphatic rings. The quantitative estimate of drug-likeness (QED) is 0.628. The predicted octanol–water partition coefficient (Wildman–Crippen LogP) is 2.48. The maximum atomic E-state index is 5.77. The molecule has 0 aromatic heterocycles. The average Bonchev–Trinajstić information content (AvgIpc) is 2.34. The number of hydroxylamine groups is 1. The van der Waals surface area contributed by atoms with Gasteiger partial charge in [0.2, 0.25) is 0 Å². The third-order valence-corrected chi connectivity index (χ3v) is 2.88. The summed E-state index contributed by atoms with van der Waals surface area (Å²) in [6.45, 7) is 6.51. The number of fused-ring (bicyclic) bond motifs is 1. The Labute approximate surface area is 103 Å². The summed E-state index contributed by atoms with van der Waals surface area (Å²) >= 11 is 0. The van der Waals surface area contributed by atoms with E-state index in [0.717, 1.165) is 19.6 Å². The van der Waals surface area contributed by atoms with Crippen molar-refractivity contribution in [2.24, 2.45) is 5.92 Å². The molecule has 3 nitrogen and oxygen atoms in total. The summed E-state index contributed by atoms with van der Waals surface area (Å²) < 4.78 is 5.77. The van der Waals surface area contributed by atoms with Gasteiger partial charge in [-0.25, -0.2) is 0 Å². The molecular weight excluding hydrogens is 214 g/mol. The zero-order valence-corrected chi connectivity index (χ0v) is 10.6. The van der Waals surface area contributed by atoms with Gasteiger partial charge < -0.3 is 9.57 Å². The van der Waals surface area contributed by atoms with Crippen molar-refractivity contribution in [3.63, 3.8) is 0 Å². The third-order valence-electron chi connectivity index (χ3n) is 2.88. The Morgan fingerprint density at radius 3 is 3.06 bits per heavy atom. The number of benzene rings is 1. The van der Waals surface area contributed by atoms with Crippen molar-refractivity contribution < 1.29 is 9.57 Å². The lowest BCUT2D eigenvalue weighted by molar-refractivity contribution is -0.0265. The second-order valence-corrected chi connectivity index (χ2v) is 4.86. The first-order chi connectivity index (χ1) is 8.27. The molecule has 0 aliphatic carbocycles. The van der Waals surface area contributed by atoms with Crippen LogP contribution >= 0.6 is 0 Å². The first kappa shape index (κ1) is 12.6. The van der Waals surface area contributed by atoms with E-state index in [1.165, 1.54) is 11.1 Å². The van der Waals surface area contributed by atoms with Crippen LogP contribution in [0.4, 0.5) is 0 Å². The number of nitrogens with one attached hydrogen (secondary N) is 1. The maximum Gasteiger partial charge on any atom is 0.0975 e. The second-order valence-electron chi connectivity index (χ2n) is 4.86. The molecule has 1 aliphatic heterocycles. The summed E-state index contributed by atoms with van der Waals surface area (Å²) in [4.78, 5) is 5.38. The van der Waals surface area contributed by atoms with Crippen molar-refractivity contribution in [1.82, 2.24) is 5.48 Å². The van der Waals surface area contributed by atoms with Crippen molar-refractivity contribution in [1.29, 1.82) is 0 Å². The lowest BCUT2D eigenvalue weighted by atomic mass is 9.98. The zero-order chi connectivity index (χ0) is 12.1. The number of hydrogen-bond acceptors (Lipinski definition) is 3. The molecule has 0 saturated carbocycles. The van der Waals surface area contributed by atoms with Crippen LogP contribution in [-0.2, 0) is 16.0 Å². The molecular formula is C14H21NO2. The molecule has 0 bridgehead atoms. The average molecular weight is 235 g/mol. The number of hydrogen-bond donors (Lipinski definition) is 1. The van der Waals surface area contributed by atoms with Gasteiger partial charge in [-0.05, 0) is 23.5 Å². The molecule has 3 heteroatoms. The summed E-state index contributed by atoms with van der Waals surface area (Å²) in [5.74, 6) is 0.544. The summed E-state index contributed by atoms with van der Waals surface area (Å²) in [7, 11) is 0. The molecule has 17 heavy (non-hydrogen) atoms. The summed E-state index contributed by atoms with van der Waals surface area (Å²) in [5.41, 5.74) is 5.69. The minimum absolute atomic E-state index is 0.118. The molecule has 1 aromatic rings. The summed E-state index contributed by atoms with van der Waals surface area (Å²) in [6.07, 6.45) is 1.13. The first-order valence-corrected chi connectivity index (χ1v) is 6.31. The van der Waals surface area contributed by atoms with E-state index in [9.17, 15) is 0 Å². The standard InChI is InChI=1S/C14H21NO2/c1-11(2)10-17-15-9-14-13-6-4-3-5-12(13)7-8-16-14/h3-6,11,14-15H,7-10H2,1-2H3. The molecule has 0 radical (unpaired) electrons. The van der Waals surface area contributed by atoms with Crippen LogP contribution in [0.5, 0.6) is 0 Å². The van der Waals surface area contributed by atoms with E-state index in [1.54, 1.807) is 0 Å². The van der Waals surface area contributed by atoms with Gasteiger partial charge in [0.15, 0.2) is 0 Å². The second kappa shape index (κ2) is 6.15. The van der Waals surface area contributed by atoms with Gasteiger partial charge >= 0.3 is 0 Å². The highest BCUT2D eigenvalue weighted by atomic mass is 16.6. The van der Waals surface area contributed by atoms with Gasteiger partial charge in [-0.15, -0.1) is 0 Å². The van der Waals surface area contributed by atoms with Crippen LogP contribution in [0.15, 0.2) is 24.3 Å². The molecule has 0 spiro atoms. The molecule has 94 valence electrons. The maximum absolute atomic E-state index is 5.77. The Morgan fingerprint density at radius 1 is 1.41 bits per heavy atom. The molecule has 1 aromatic carbocycles. The zero-order valence-electron chi connectivity index (χ0n) is 10.6. The molecule has 1 atom stereocenters. The van der Waals surface area contributed by atoms with Crippen LogP contribution in [0.1, 0.15) is 31.1 Å². The Kier molecular flexibility index (Phi) is 4.54. The van der Waals surface area contributed by atoms with Crippen molar-refractivity contribution >= 4 is 0 Å². The Balaban J connectivity index is 1.86. The monoisotopic (exact) mass is 235 g/mol. The normalized spacial score (nSPS) is 19.4. The van der Waals surface area contributed by atoms with E-state index < -0.39 is 0 Å². The van der Waals surface area contributed by atoms with Gasteiger partial charge in [-0.3, -0.25) is 0 Å². The van der Waals surface area contributed by atoms with Crippen LogP contribution in [0.2, 0.25) is 0 Å². The molecule has 0 saturated heterocycles. The van der Waals surface area contributed by atoms with Crippen molar-refractivity contribution in [2.45, 2.75) is 26.4 Å². The van der Waals surface area contributed by atoms with Crippen LogP contribution in [0, 0.1) is 5.92 Å². The van der Waals surface area contributed by atoms with Crippen molar-refractivity contribution in [2.75, 3.05) is 19.8 Å². The fraction of sp³-hybridized carbons (Fsp3) is 0.571. The van der Waals surface area contributed by atoms with Crippen LogP contribution in [-0.4, -0.2) is 19.8 Å². The molecule has 1 unspecified atom stereocenters. The SMILES string of the molecule is CC(C)CONCC1OCCc2ccccc21.